The number of aromatic nitrogens is 1. The lowest BCUT2D eigenvalue weighted by Crippen LogP contribution is -2.48. The van der Waals surface area contributed by atoms with Crippen molar-refractivity contribution in [3.63, 3.8) is 0 Å². The van der Waals surface area contributed by atoms with Crippen LogP contribution < -0.4 is 4.90 Å². The minimum atomic E-state index is 0.0256. The highest BCUT2D eigenvalue weighted by atomic mass is 35.5. The number of hydrogen-bond donors (Lipinski definition) is 0. The van der Waals surface area contributed by atoms with E-state index in [4.69, 9.17) is 11.6 Å². The summed E-state index contributed by atoms with van der Waals surface area (Å²) in [5.74, 6) is 0.0256. The van der Waals surface area contributed by atoms with Crippen molar-refractivity contribution in [3.05, 3.63) is 70.9 Å². The first-order valence-electron chi connectivity index (χ1n) is 8.75. The predicted octanol–water partition coefficient (Wildman–Crippen LogP) is 3.72. The van der Waals surface area contributed by atoms with E-state index >= 15 is 0 Å². The van der Waals surface area contributed by atoms with Gasteiger partial charge in [-0.15, -0.1) is 0 Å². The standard InChI is InChI=1S/C21H17ClN4O/c22-17-6-3-15(4-7-17)21(27)26-12-10-25(11-13-26)19-8-5-16(14-23)20-18(19)2-1-9-24-20/h1-9H,10-13H2. The molecular weight excluding hydrogens is 360 g/mol. The van der Waals surface area contributed by atoms with Crippen molar-refractivity contribution in [3.8, 4) is 6.07 Å². The molecule has 3 aromatic rings. The van der Waals surface area contributed by atoms with E-state index in [1.807, 2.05) is 29.2 Å². The predicted molar refractivity (Wildman–Crippen MR) is 106 cm³/mol. The van der Waals surface area contributed by atoms with E-state index in [-0.39, 0.29) is 5.91 Å². The average molecular weight is 377 g/mol. The molecule has 2 aromatic carbocycles. The first kappa shape index (κ1) is 17.3. The third kappa shape index (κ3) is 3.32. The third-order valence-corrected chi connectivity index (χ3v) is 5.12. The maximum absolute atomic E-state index is 12.7. The Kier molecular flexibility index (Phi) is 4.66. The first-order valence-corrected chi connectivity index (χ1v) is 9.13. The molecule has 1 aromatic heterocycles. The second-order valence-electron chi connectivity index (χ2n) is 6.43. The van der Waals surface area contributed by atoms with Gasteiger partial charge < -0.3 is 9.80 Å². The Labute approximate surface area is 162 Å². The summed E-state index contributed by atoms with van der Waals surface area (Å²) >= 11 is 5.90. The fourth-order valence-electron chi connectivity index (χ4n) is 3.45. The van der Waals surface area contributed by atoms with Gasteiger partial charge >= 0.3 is 0 Å². The molecule has 5 nitrogen and oxygen atoms in total. The number of nitrogens with zero attached hydrogens (tertiary/aromatic N) is 4. The molecule has 0 bridgehead atoms. The molecule has 0 spiro atoms. The molecule has 4 rings (SSSR count). The molecule has 0 N–H and O–H groups in total. The molecule has 1 aliphatic rings. The van der Waals surface area contributed by atoms with Gasteiger partial charge in [-0.25, -0.2) is 0 Å². The van der Waals surface area contributed by atoms with E-state index in [9.17, 15) is 10.1 Å². The molecule has 27 heavy (non-hydrogen) atoms. The molecule has 1 fully saturated rings. The molecule has 134 valence electrons. The molecular formula is C21H17ClN4O. The Morgan fingerprint density at radius 1 is 1.04 bits per heavy atom. The van der Waals surface area contributed by atoms with E-state index in [2.05, 4.69) is 16.0 Å². The molecule has 2 heterocycles. The molecule has 1 amide bonds. The van der Waals surface area contributed by atoms with Crippen molar-refractivity contribution in [1.29, 1.82) is 5.26 Å². The lowest BCUT2D eigenvalue weighted by Gasteiger charge is -2.36. The quantitative estimate of drug-likeness (QED) is 0.683. The van der Waals surface area contributed by atoms with Crippen molar-refractivity contribution >= 4 is 34.1 Å². The van der Waals surface area contributed by atoms with Crippen LogP contribution in [0, 0.1) is 11.3 Å². The maximum atomic E-state index is 12.7. The van der Waals surface area contributed by atoms with E-state index in [0.29, 0.717) is 29.2 Å². The van der Waals surface area contributed by atoms with Crippen molar-refractivity contribution in [2.24, 2.45) is 0 Å². The van der Waals surface area contributed by atoms with Gasteiger partial charge in [0.1, 0.15) is 6.07 Å². The molecule has 0 aliphatic carbocycles. The van der Waals surface area contributed by atoms with Gasteiger partial charge in [-0.1, -0.05) is 11.6 Å². The van der Waals surface area contributed by atoms with Crippen molar-refractivity contribution in [2.75, 3.05) is 31.1 Å². The Balaban J connectivity index is 1.53. The minimum absolute atomic E-state index is 0.0256. The Morgan fingerprint density at radius 2 is 1.78 bits per heavy atom. The highest BCUT2D eigenvalue weighted by molar-refractivity contribution is 6.30. The Morgan fingerprint density at radius 3 is 2.48 bits per heavy atom. The molecule has 6 heteroatoms. The largest absolute Gasteiger partial charge is 0.367 e. The first-order chi connectivity index (χ1) is 13.2. The molecule has 1 aliphatic heterocycles. The van der Waals surface area contributed by atoms with Crippen LogP contribution in [0.5, 0.6) is 0 Å². The van der Waals surface area contributed by atoms with Crippen LogP contribution in [0.1, 0.15) is 15.9 Å². The van der Waals surface area contributed by atoms with Gasteiger partial charge in [-0.05, 0) is 48.5 Å². The summed E-state index contributed by atoms with van der Waals surface area (Å²) in [4.78, 5) is 21.2. The third-order valence-electron chi connectivity index (χ3n) is 4.87. The SMILES string of the molecule is N#Cc1ccc(N2CCN(C(=O)c3ccc(Cl)cc3)CC2)c2cccnc12. The van der Waals surface area contributed by atoms with Gasteiger partial charge in [0.05, 0.1) is 11.1 Å². The number of nitriles is 1. The van der Waals surface area contributed by atoms with E-state index in [1.165, 1.54) is 0 Å². The number of anilines is 1. The number of amides is 1. The summed E-state index contributed by atoms with van der Waals surface area (Å²) in [7, 11) is 0. The van der Waals surface area contributed by atoms with Crippen LogP contribution in [-0.2, 0) is 0 Å². The van der Waals surface area contributed by atoms with Gasteiger partial charge in [-0.2, -0.15) is 5.26 Å². The monoisotopic (exact) mass is 376 g/mol. The maximum Gasteiger partial charge on any atom is 0.253 e. The average Bonchev–Trinajstić information content (AvgIpc) is 2.73. The fraction of sp³-hybridized carbons (Fsp3) is 0.190. The van der Waals surface area contributed by atoms with Gasteiger partial charge in [0, 0.05) is 54.0 Å². The van der Waals surface area contributed by atoms with Crippen LogP contribution in [0.25, 0.3) is 10.9 Å². The molecule has 0 unspecified atom stereocenters. The zero-order chi connectivity index (χ0) is 18.8. The van der Waals surface area contributed by atoms with E-state index in [1.54, 1.807) is 30.5 Å². The zero-order valence-electron chi connectivity index (χ0n) is 14.6. The van der Waals surface area contributed by atoms with Crippen LogP contribution in [-0.4, -0.2) is 42.0 Å². The van der Waals surface area contributed by atoms with Crippen LogP contribution in [0.15, 0.2) is 54.7 Å². The number of benzene rings is 2. The van der Waals surface area contributed by atoms with Gasteiger partial charge in [0.25, 0.3) is 5.91 Å². The van der Waals surface area contributed by atoms with Crippen LogP contribution in [0.3, 0.4) is 0 Å². The molecule has 0 atom stereocenters. The van der Waals surface area contributed by atoms with Crippen molar-refractivity contribution < 1.29 is 4.79 Å². The Hall–Kier alpha value is -3.10. The smallest absolute Gasteiger partial charge is 0.253 e. The number of carbonyl (C=O) groups is 1. The number of piperazine rings is 1. The van der Waals surface area contributed by atoms with E-state index in [0.717, 1.165) is 29.7 Å². The van der Waals surface area contributed by atoms with Crippen molar-refractivity contribution in [2.45, 2.75) is 0 Å². The highest BCUT2D eigenvalue weighted by Crippen LogP contribution is 2.29. The summed E-state index contributed by atoms with van der Waals surface area (Å²) in [6, 6.07) is 16.9. The van der Waals surface area contributed by atoms with Gasteiger partial charge in [-0.3, -0.25) is 9.78 Å². The number of fused-ring (bicyclic) bond motifs is 1. The highest BCUT2D eigenvalue weighted by Gasteiger charge is 2.23. The van der Waals surface area contributed by atoms with Crippen LogP contribution in [0.2, 0.25) is 5.02 Å². The second kappa shape index (κ2) is 7.26. The number of carbonyl (C=O) groups excluding carboxylic acids is 1. The number of rotatable bonds is 2. The normalized spacial score (nSPS) is 14.2. The summed E-state index contributed by atoms with van der Waals surface area (Å²) in [6.07, 6.45) is 1.70. The Bertz CT molecular complexity index is 1030. The minimum Gasteiger partial charge on any atom is -0.367 e. The number of halogens is 1. The fourth-order valence-corrected chi connectivity index (χ4v) is 3.58. The molecule has 0 radical (unpaired) electrons. The van der Waals surface area contributed by atoms with Gasteiger partial charge in [0.15, 0.2) is 0 Å². The van der Waals surface area contributed by atoms with Crippen LogP contribution >= 0.6 is 11.6 Å². The summed E-state index contributed by atoms with van der Waals surface area (Å²) in [5.41, 5.74) is 3.00. The number of pyridine rings is 1. The summed E-state index contributed by atoms with van der Waals surface area (Å²) in [6.45, 7) is 2.75. The lowest BCUT2D eigenvalue weighted by molar-refractivity contribution is 0.0747. The summed E-state index contributed by atoms with van der Waals surface area (Å²) < 4.78 is 0. The molecule has 0 saturated carbocycles. The van der Waals surface area contributed by atoms with Gasteiger partial charge in [0.2, 0.25) is 0 Å². The van der Waals surface area contributed by atoms with E-state index < -0.39 is 0 Å². The topological polar surface area (TPSA) is 60.2 Å². The lowest BCUT2D eigenvalue weighted by atomic mass is 10.1. The second-order valence-corrected chi connectivity index (χ2v) is 6.87. The van der Waals surface area contributed by atoms with Crippen LogP contribution in [0.4, 0.5) is 5.69 Å². The zero-order valence-corrected chi connectivity index (χ0v) is 15.4. The summed E-state index contributed by atoms with van der Waals surface area (Å²) in [5, 5.41) is 10.9. The number of hydrogen-bond acceptors (Lipinski definition) is 4. The van der Waals surface area contributed by atoms with Crippen molar-refractivity contribution in [1.82, 2.24) is 9.88 Å². The molecule has 1 saturated heterocycles.